The zero-order valence-corrected chi connectivity index (χ0v) is 21.6. The molecule has 1 fully saturated rings. The molecule has 1 aliphatic rings. The summed E-state index contributed by atoms with van der Waals surface area (Å²) in [5.74, 6) is 0.810. The fourth-order valence-electron chi connectivity index (χ4n) is 3.34. The average molecular weight is 588 g/mol. The van der Waals surface area contributed by atoms with Crippen LogP contribution in [0.5, 0.6) is 11.5 Å². The lowest BCUT2D eigenvalue weighted by molar-refractivity contribution is -0.122. The second-order valence-corrected chi connectivity index (χ2v) is 9.51. The van der Waals surface area contributed by atoms with Crippen molar-refractivity contribution >= 4 is 57.2 Å². The van der Waals surface area contributed by atoms with Crippen molar-refractivity contribution in [1.82, 2.24) is 4.90 Å². The lowest BCUT2D eigenvalue weighted by Gasteiger charge is -2.14. The predicted molar refractivity (Wildman–Crippen MR) is 143 cm³/mol. The summed E-state index contributed by atoms with van der Waals surface area (Å²) in [4.78, 5) is 19.7. The quantitative estimate of drug-likeness (QED) is 0.230. The van der Waals surface area contributed by atoms with Gasteiger partial charge < -0.3 is 9.47 Å². The molecular formula is C26H22FIN2O3S. The average Bonchev–Trinajstić information content (AvgIpc) is 3.13. The van der Waals surface area contributed by atoms with Gasteiger partial charge in [0.2, 0.25) is 0 Å². The van der Waals surface area contributed by atoms with Crippen LogP contribution in [0, 0.1) is 9.39 Å². The molecule has 0 saturated carbocycles. The van der Waals surface area contributed by atoms with Gasteiger partial charge in [-0.15, -0.1) is 0 Å². The highest BCUT2D eigenvalue weighted by Gasteiger charge is 2.32. The molecule has 34 heavy (non-hydrogen) atoms. The Bertz CT molecular complexity index is 1250. The molecule has 0 unspecified atom stereocenters. The van der Waals surface area contributed by atoms with E-state index in [0.29, 0.717) is 40.4 Å². The number of ether oxygens (including phenoxy) is 2. The highest BCUT2D eigenvalue weighted by molar-refractivity contribution is 14.1. The van der Waals surface area contributed by atoms with E-state index in [9.17, 15) is 9.18 Å². The van der Waals surface area contributed by atoms with Gasteiger partial charge in [0.1, 0.15) is 12.4 Å². The number of benzene rings is 3. The minimum Gasteiger partial charge on any atom is -0.493 e. The Kier molecular flexibility index (Phi) is 7.89. The molecule has 1 saturated heterocycles. The number of halogens is 2. The van der Waals surface area contributed by atoms with Crippen molar-refractivity contribution in [3.63, 3.8) is 0 Å². The normalized spacial score (nSPS) is 15.9. The molecule has 3 aromatic rings. The summed E-state index contributed by atoms with van der Waals surface area (Å²) < 4.78 is 25.7. The van der Waals surface area contributed by atoms with Crippen LogP contribution >= 0.6 is 34.4 Å². The number of aliphatic imine (C=N–C) groups is 1. The van der Waals surface area contributed by atoms with E-state index in [0.717, 1.165) is 14.7 Å². The zero-order chi connectivity index (χ0) is 24.1. The summed E-state index contributed by atoms with van der Waals surface area (Å²) in [6.07, 6.45) is 1.83. The molecule has 0 aliphatic carbocycles. The van der Waals surface area contributed by atoms with Crippen molar-refractivity contribution in [2.45, 2.75) is 13.5 Å². The number of methoxy groups -OCH3 is 1. The number of hydrogen-bond donors (Lipinski definition) is 0. The summed E-state index contributed by atoms with van der Waals surface area (Å²) >= 11 is 3.51. The van der Waals surface area contributed by atoms with Crippen LogP contribution in [0.1, 0.15) is 18.1 Å². The molecule has 174 valence electrons. The third kappa shape index (κ3) is 5.61. The summed E-state index contributed by atoms with van der Waals surface area (Å²) in [5, 5.41) is 0.565. The number of amidine groups is 1. The minimum absolute atomic E-state index is 0.119. The second kappa shape index (κ2) is 11.1. The number of carbonyl (C=O) groups excluding carboxylic acids is 1. The first-order chi connectivity index (χ1) is 16.5. The van der Waals surface area contributed by atoms with Crippen molar-refractivity contribution in [2.24, 2.45) is 4.99 Å². The Morgan fingerprint density at radius 2 is 1.85 bits per heavy atom. The van der Waals surface area contributed by atoms with E-state index < -0.39 is 0 Å². The molecule has 8 heteroatoms. The first kappa shape index (κ1) is 24.3. The monoisotopic (exact) mass is 588 g/mol. The number of rotatable bonds is 7. The molecule has 5 nitrogen and oxygen atoms in total. The lowest BCUT2D eigenvalue weighted by Crippen LogP contribution is -2.28. The third-order valence-corrected chi connectivity index (χ3v) is 6.84. The van der Waals surface area contributed by atoms with Gasteiger partial charge in [0.25, 0.3) is 5.91 Å². The SMILES string of the molecule is CCN1C(=O)/C(=C\c2cc(I)c(OCc3ccccc3)c(OC)c2)SC1=Nc1ccc(F)cc1. The molecular weight excluding hydrogens is 566 g/mol. The first-order valence-corrected chi connectivity index (χ1v) is 12.5. The highest BCUT2D eigenvalue weighted by atomic mass is 127. The van der Waals surface area contributed by atoms with Gasteiger partial charge in [0.05, 0.1) is 21.3 Å². The summed E-state index contributed by atoms with van der Waals surface area (Å²) in [5.41, 5.74) is 2.47. The molecule has 0 atom stereocenters. The molecule has 4 rings (SSSR count). The molecule has 1 heterocycles. The topological polar surface area (TPSA) is 51.1 Å². The van der Waals surface area contributed by atoms with Gasteiger partial charge >= 0.3 is 0 Å². The zero-order valence-electron chi connectivity index (χ0n) is 18.6. The van der Waals surface area contributed by atoms with E-state index >= 15 is 0 Å². The fraction of sp³-hybridized carbons (Fsp3) is 0.154. The number of hydrogen-bond acceptors (Lipinski definition) is 5. The number of nitrogens with zero attached hydrogens (tertiary/aromatic N) is 2. The molecule has 3 aromatic carbocycles. The number of thioether (sulfide) groups is 1. The van der Waals surface area contributed by atoms with Crippen molar-refractivity contribution in [2.75, 3.05) is 13.7 Å². The van der Waals surface area contributed by atoms with E-state index in [2.05, 4.69) is 27.6 Å². The smallest absolute Gasteiger partial charge is 0.266 e. The van der Waals surface area contributed by atoms with Crippen molar-refractivity contribution in [3.8, 4) is 11.5 Å². The van der Waals surface area contributed by atoms with E-state index in [1.165, 1.54) is 23.9 Å². The first-order valence-electron chi connectivity index (χ1n) is 10.6. The van der Waals surface area contributed by atoms with Crippen LogP contribution in [0.25, 0.3) is 6.08 Å². The second-order valence-electron chi connectivity index (χ2n) is 7.34. The summed E-state index contributed by atoms with van der Waals surface area (Å²) in [6.45, 7) is 2.80. The van der Waals surface area contributed by atoms with Gasteiger partial charge in [-0.1, -0.05) is 30.3 Å². The van der Waals surface area contributed by atoms with Crippen molar-refractivity contribution in [3.05, 3.63) is 92.1 Å². The fourth-order valence-corrected chi connectivity index (χ4v) is 5.18. The molecule has 0 N–H and O–H groups in total. The van der Waals surface area contributed by atoms with Gasteiger partial charge in [-0.25, -0.2) is 9.38 Å². The highest BCUT2D eigenvalue weighted by Crippen LogP contribution is 2.38. The molecule has 0 bridgehead atoms. The lowest BCUT2D eigenvalue weighted by atomic mass is 10.1. The molecule has 0 aromatic heterocycles. The third-order valence-electron chi connectivity index (χ3n) is 5.03. The van der Waals surface area contributed by atoms with Gasteiger partial charge in [-0.2, -0.15) is 0 Å². The Balaban J connectivity index is 1.59. The number of likely N-dealkylation sites (N-methyl/N-ethyl adjacent to an activating group) is 1. The number of amides is 1. The van der Waals surface area contributed by atoms with E-state index in [1.54, 1.807) is 24.1 Å². The maximum absolute atomic E-state index is 13.2. The van der Waals surface area contributed by atoms with Crippen LogP contribution in [0.3, 0.4) is 0 Å². The van der Waals surface area contributed by atoms with Crippen LogP contribution in [-0.2, 0) is 11.4 Å². The summed E-state index contributed by atoms with van der Waals surface area (Å²) in [6, 6.07) is 19.6. The van der Waals surface area contributed by atoms with Gasteiger partial charge in [0, 0.05) is 6.54 Å². The molecule has 0 radical (unpaired) electrons. The maximum Gasteiger partial charge on any atom is 0.266 e. The molecule has 1 amide bonds. The largest absolute Gasteiger partial charge is 0.493 e. The van der Waals surface area contributed by atoms with Crippen LogP contribution in [0.2, 0.25) is 0 Å². The Labute approximate surface area is 215 Å². The van der Waals surface area contributed by atoms with Gasteiger partial charge in [0.15, 0.2) is 16.7 Å². The van der Waals surface area contributed by atoms with E-state index in [4.69, 9.17) is 9.47 Å². The Morgan fingerprint density at radius 1 is 1.12 bits per heavy atom. The minimum atomic E-state index is -0.327. The van der Waals surface area contributed by atoms with Crippen molar-refractivity contribution < 1.29 is 18.7 Å². The van der Waals surface area contributed by atoms with Crippen molar-refractivity contribution in [1.29, 1.82) is 0 Å². The van der Waals surface area contributed by atoms with Gasteiger partial charge in [-0.05, 0) is 94.9 Å². The standard InChI is InChI=1S/C26H22FIN2O3S/c1-3-30-25(31)23(34-26(30)29-20-11-9-19(27)10-12-20)15-18-13-21(28)24(22(14-18)32-2)33-16-17-7-5-4-6-8-17/h4-15H,3,16H2,1-2H3/b23-15+,29-26?. The Hall–Kier alpha value is -2.85. The van der Waals surface area contributed by atoms with Crippen LogP contribution < -0.4 is 9.47 Å². The van der Waals surface area contributed by atoms with Gasteiger partial charge in [-0.3, -0.25) is 9.69 Å². The van der Waals surface area contributed by atoms with E-state index in [-0.39, 0.29) is 11.7 Å². The van der Waals surface area contributed by atoms with Crippen LogP contribution in [0.15, 0.2) is 76.6 Å². The predicted octanol–water partition coefficient (Wildman–Crippen LogP) is 6.64. The van der Waals surface area contributed by atoms with Crippen LogP contribution in [0.4, 0.5) is 10.1 Å². The summed E-state index contributed by atoms with van der Waals surface area (Å²) in [7, 11) is 1.60. The molecule has 0 spiro atoms. The molecule has 1 aliphatic heterocycles. The maximum atomic E-state index is 13.2. The number of carbonyl (C=O) groups is 1. The Morgan fingerprint density at radius 3 is 2.53 bits per heavy atom. The van der Waals surface area contributed by atoms with E-state index in [1.807, 2.05) is 55.5 Å². The van der Waals surface area contributed by atoms with Crippen LogP contribution in [-0.4, -0.2) is 29.6 Å².